The van der Waals surface area contributed by atoms with Gasteiger partial charge in [-0.25, -0.2) is 0 Å². The summed E-state index contributed by atoms with van der Waals surface area (Å²) in [6.45, 7) is 0. The molecule has 102 valence electrons. The van der Waals surface area contributed by atoms with Crippen molar-refractivity contribution in [2.75, 3.05) is 0 Å². The normalized spacial score (nSPS) is 10.4. The molecule has 2 aromatic carbocycles. The average molecular weight is 304 g/mol. The van der Waals surface area contributed by atoms with Crippen LogP contribution in [-0.2, 0) is 22.9 Å². The number of fused-ring (bicyclic) bond motifs is 3. The topological polar surface area (TPSA) is 12.9 Å². The predicted molar refractivity (Wildman–Crippen MR) is 78.9 cm³/mol. The van der Waals surface area contributed by atoms with Gasteiger partial charge >= 0.3 is 0 Å². The molecule has 0 aliphatic heterocycles. The van der Waals surface area contributed by atoms with Gasteiger partial charge in [-0.3, -0.25) is 4.98 Å². The maximum Gasteiger partial charge on any atom is 0.0267 e. The summed E-state index contributed by atoms with van der Waals surface area (Å²) in [4.78, 5) is 3.78. The molecule has 1 aromatic heterocycles. The first-order valence-electron chi connectivity index (χ1n) is 6.46. The maximum atomic E-state index is 3.78. The van der Waals surface area contributed by atoms with E-state index in [1.807, 2.05) is 18.2 Å². The minimum atomic E-state index is 0. The molecule has 1 nitrogen and oxygen atoms in total. The minimum absolute atomic E-state index is 0. The Morgan fingerprint density at radius 1 is 0.600 bits per heavy atom. The fourth-order valence-electron chi connectivity index (χ4n) is 2.39. The molecule has 0 saturated carbocycles. The van der Waals surface area contributed by atoms with Crippen molar-refractivity contribution in [2.45, 2.75) is 6.42 Å². The Hall–Kier alpha value is -1.92. The molecule has 0 fully saturated rings. The SMILES string of the molecule is [Ni].c1ccc2c(c1)Cc1ccccc1-2.c1ccncc1. The molecule has 0 saturated heterocycles. The second-order valence-electron chi connectivity index (χ2n) is 4.52. The quantitative estimate of drug-likeness (QED) is 0.440. The first-order chi connectivity index (χ1) is 9.45. The molecule has 20 heavy (non-hydrogen) atoms. The Labute approximate surface area is 129 Å². The van der Waals surface area contributed by atoms with Crippen molar-refractivity contribution in [3.05, 3.63) is 90.3 Å². The van der Waals surface area contributed by atoms with Crippen LogP contribution in [0.4, 0.5) is 0 Å². The number of rotatable bonds is 0. The van der Waals surface area contributed by atoms with Crippen molar-refractivity contribution < 1.29 is 16.5 Å². The van der Waals surface area contributed by atoms with Gasteiger partial charge in [-0.2, -0.15) is 0 Å². The Morgan fingerprint density at radius 3 is 1.50 bits per heavy atom. The van der Waals surface area contributed by atoms with Gasteiger partial charge in [0, 0.05) is 28.9 Å². The van der Waals surface area contributed by atoms with Gasteiger partial charge in [-0.05, 0) is 40.8 Å². The van der Waals surface area contributed by atoms with Crippen LogP contribution in [0.3, 0.4) is 0 Å². The summed E-state index contributed by atoms with van der Waals surface area (Å²) in [7, 11) is 0. The van der Waals surface area contributed by atoms with Gasteiger partial charge in [-0.15, -0.1) is 0 Å². The number of pyridine rings is 1. The molecular formula is C18H15NNi. The number of nitrogens with zero attached hydrogens (tertiary/aromatic N) is 1. The molecule has 0 bridgehead atoms. The predicted octanol–water partition coefficient (Wildman–Crippen LogP) is 4.34. The van der Waals surface area contributed by atoms with E-state index in [0.29, 0.717) is 0 Å². The van der Waals surface area contributed by atoms with Crippen LogP contribution in [0.15, 0.2) is 79.1 Å². The van der Waals surface area contributed by atoms with Gasteiger partial charge in [0.1, 0.15) is 0 Å². The van der Waals surface area contributed by atoms with Crippen molar-refractivity contribution in [1.82, 2.24) is 4.98 Å². The van der Waals surface area contributed by atoms with Gasteiger partial charge in [0.2, 0.25) is 0 Å². The van der Waals surface area contributed by atoms with Crippen LogP contribution in [0.2, 0.25) is 0 Å². The third-order valence-corrected chi connectivity index (χ3v) is 3.27. The Kier molecular flexibility index (Phi) is 5.09. The molecule has 1 heterocycles. The fraction of sp³-hybridized carbons (Fsp3) is 0.0556. The maximum absolute atomic E-state index is 3.78. The van der Waals surface area contributed by atoms with Crippen LogP contribution in [-0.4, -0.2) is 4.98 Å². The number of aromatic nitrogens is 1. The van der Waals surface area contributed by atoms with E-state index in [9.17, 15) is 0 Å². The molecule has 1 aliphatic carbocycles. The first-order valence-corrected chi connectivity index (χ1v) is 6.46. The van der Waals surface area contributed by atoms with E-state index in [0.717, 1.165) is 6.42 Å². The zero-order chi connectivity index (χ0) is 12.9. The molecule has 0 unspecified atom stereocenters. The van der Waals surface area contributed by atoms with Crippen LogP contribution in [0, 0.1) is 0 Å². The molecule has 0 atom stereocenters. The van der Waals surface area contributed by atoms with Gasteiger partial charge in [-0.1, -0.05) is 54.6 Å². The summed E-state index contributed by atoms with van der Waals surface area (Å²) in [5.74, 6) is 0. The third kappa shape index (κ3) is 3.15. The summed E-state index contributed by atoms with van der Waals surface area (Å²) in [6, 6.07) is 23.0. The molecule has 4 rings (SSSR count). The summed E-state index contributed by atoms with van der Waals surface area (Å²) in [5, 5.41) is 0. The van der Waals surface area contributed by atoms with Crippen LogP contribution in [0.1, 0.15) is 11.1 Å². The molecule has 1 aliphatic rings. The van der Waals surface area contributed by atoms with Crippen molar-refractivity contribution in [1.29, 1.82) is 0 Å². The van der Waals surface area contributed by atoms with Crippen molar-refractivity contribution >= 4 is 0 Å². The molecule has 0 spiro atoms. The van der Waals surface area contributed by atoms with Crippen LogP contribution >= 0.6 is 0 Å². The third-order valence-electron chi connectivity index (χ3n) is 3.27. The van der Waals surface area contributed by atoms with Gasteiger partial charge in [0.05, 0.1) is 0 Å². The van der Waals surface area contributed by atoms with Crippen molar-refractivity contribution in [3.63, 3.8) is 0 Å². The molecular weight excluding hydrogens is 289 g/mol. The van der Waals surface area contributed by atoms with E-state index in [-0.39, 0.29) is 16.5 Å². The average Bonchev–Trinajstić information content (AvgIpc) is 2.88. The Morgan fingerprint density at radius 2 is 1.10 bits per heavy atom. The van der Waals surface area contributed by atoms with E-state index in [2.05, 4.69) is 53.5 Å². The monoisotopic (exact) mass is 303 g/mol. The van der Waals surface area contributed by atoms with Crippen LogP contribution < -0.4 is 0 Å². The number of benzene rings is 2. The molecule has 0 N–H and O–H groups in total. The van der Waals surface area contributed by atoms with E-state index in [1.165, 1.54) is 22.3 Å². The zero-order valence-electron chi connectivity index (χ0n) is 11.0. The number of hydrogen-bond acceptors (Lipinski definition) is 1. The second-order valence-corrected chi connectivity index (χ2v) is 4.52. The largest absolute Gasteiger partial charge is 0.265 e. The standard InChI is InChI=1S/C13H10.C5H5N.Ni/c1-3-7-12-10(5-1)9-11-6-2-4-8-13(11)12;1-2-4-6-5-3-1;/h1-8H,9H2;1-5H;. The molecule has 0 amide bonds. The number of hydrogen-bond donors (Lipinski definition) is 0. The first kappa shape index (κ1) is 14.5. The molecule has 0 radical (unpaired) electrons. The van der Waals surface area contributed by atoms with Gasteiger partial charge in [0.25, 0.3) is 0 Å². The second kappa shape index (κ2) is 7.02. The van der Waals surface area contributed by atoms with Crippen molar-refractivity contribution in [2.24, 2.45) is 0 Å². The van der Waals surface area contributed by atoms with Crippen LogP contribution in [0.5, 0.6) is 0 Å². The van der Waals surface area contributed by atoms with E-state index in [4.69, 9.17) is 0 Å². The van der Waals surface area contributed by atoms with Gasteiger partial charge < -0.3 is 0 Å². The Bertz CT molecular complexity index is 595. The zero-order valence-corrected chi connectivity index (χ0v) is 12.0. The van der Waals surface area contributed by atoms with Crippen molar-refractivity contribution in [3.8, 4) is 11.1 Å². The molecule has 2 heteroatoms. The minimum Gasteiger partial charge on any atom is -0.265 e. The van der Waals surface area contributed by atoms with E-state index in [1.54, 1.807) is 12.4 Å². The van der Waals surface area contributed by atoms with Crippen LogP contribution in [0.25, 0.3) is 11.1 Å². The van der Waals surface area contributed by atoms with Gasteiger partial charge in [0.15, 0.2) is 0 Å². The molecule has 3 aromatic rings. The van der Waals surface area contributed by atoms with E-state index >= 15 is 0 Å². The smallest absolute Gasteiger partial charge is 0.0267 e. The van der Waals surface area contributed by atoms with E-state index < -0.39 is 0 Å². The summed E-state index contributed by atoms with van der Waals surface area (Å²) < 4.78 is 0. The summed E-state index contributed by atoms with van der Waals surface area (Å²) in [6.07, 6.45) is 4.60. The summed E-state index contributed by atoms with van der Waals surface area (Å²) >= 11 is 0. The summed E-state index contributed by atoms with van der Waals surface area (Å²) in [5.41, 5.74) is 5.75. The fourth-order valence-corrected chi connectivity index (χ4v) is 2.39. The Balaban J connectivity index is 0.000000180.